The van der Waals surface area contributed by atoms with Crippen molar-refractivity contribution in [3.05, 3.63) is 83.4 Å². The molecule has 0 aliphatic heterocycles. The number of rotatable bonds is 7. The molecular formula is C19H15N7O3S. The maximum atomic E-state index is 12.3. The molecule has 10 nitrogen and oxygen atoms in total. The Balaban J connectivity index is 1.50. The zero-order chi connectivity index (χ0) is 20.9. The quantitative estimate of drug-likeness (QED) is 0.276. The van der Waals surface area contributed by atoms with E-state index in [0.717, 1.165) is 5.56 Å². The molecule has 1 N–H and O–H groups in total. The highest BCUT2D eigenvalue weighted by Crippen LogP contribution is 2.24. The average Bonchev–Trinajstić information content (AvgIpc) is 3.43. The highest BCUT2D eigenvalue weighted by molar-refractivity contribution is 7.99. The Hall–Kier alpha value is -3.99. The van der Waals surface area contributed by atoms with Crippen LogP contribution in [0.25, 0.3) is 11.4 Å². The molecule has 0 saturated heterocycles. The molecular weight excluding hydrogens is 406 g/mol. The maximum Gasteiger partial charge on any atom is 0.269 e. The summed E-state index contributed by atoms with van der Waals surface area (Å²) in [6.07, 6.45) is 7.06. The van der Waals surface area contributed by atoms with Gasteiger partial charge in [0.15, 0.2) is 5.82 Å². The summed E-state index contributed by atoms with van der Waals surface area (Å²) >= 11 is 1.23. The van der Waals surface area contributed by atoms with Crippen LogP contribution in [0.4, 0.5) is 11.4 Å². The molecule has 1 amide bonds. The first-order valence-corrected chi connectivity index (χ1v) is 9.77. The molecule has 0 fully saturated rings. The number of nitro benzene ring substituents is 1. The SMILES string of the molecule is O=C(CSc1nnc(-c2ccncc2)n1-n1cccc1)Nc1ccc([N+](=O)[O-])cc1. The molecule has 4 aromatic rings. The number of amides is 1. The van der Waals surface area contributed by atoms with Crippen LogP contribution in [0.3, 0.4) is 0 Å². The van der Waals surface area contributed by atoms with Crippen molar-refractivity contribution in [2.45, 2.75) is 5.16 Å². The van der Waals surface area contributed by atoms with Gasteiger partial charge in [-0.1, -0.05) is 11.8 Å². The summed E-state index contributed by atoms with van der Waals surface area (Å²) in [4.78, 5) is 26.6. The summed E-state index contributed by atoms with van der Waals surface area (Å²) in [7, 11) is 0. The van der Waals surface area contributed by atoms with Crippen molar-refractivity contribution in [3.8, 4) is 11.4 Å². The van der Waals surface area contributed by atoms with Crippen LogP contribution in [0, 0.1) is 10.1 Å². The van der Waals surface area contributed by atoms with E-state index in [1.54, 1.807) is 17.1 Å². The molecule has 1 aromatic carbocycles. The number of pyridine rings is 1. The summed E-state index contributed by atoms with van der Waals surface area (Å²) in [6.45, 7) is 0. The first kappa shape index (κ1) is 19.3. The van der Waals surface area contributed by atoms with Gasteiger partial charge in [-0.3, -0.25) is 24.6 Å². The molecule has 0 atom stereocenters. The van der Waals surface area contributed by atoms with Gasteiger partial charge in [0.25, 0.3) is 5.69 Å². The van der Waals surface area contributed by atoms with Crippen LogP contribution < -0.4 is 5.32 Å². The van der Waals surface area contributed by atoms with Crippen LogP contribution >= 0.6 is 11.8 Å². The third kappa shape index (κ3) is 4.20. The highest BCUT2D eigenvalue weighted by atomic mass is 32.2. The molecule has 4 rings (SSSR count). The maximum absolute atomic E-state index is 12.3. The van der Waals surface area contributed by atoms with Gasteiger partial charge >= 0.3 is 0 Å². The number of nitro groups is 1. The molecule has 30 heavy (non-hydrogen) atoms. The van der Waals surface area contributed by atoms with E-state index in [2.05, 4.69) is 20.5 Å². The Bertz CT molecular complexity index is 1160. The van der Waals surface area contributed by atoms with Crippen molar-refractivity contribution in [2.75, 3.05) is 11.1 Å². The van der Waals surface area contributed by atoms with Gasteiger partial charge < -0.3 is 5.32 Å². The first-order valence-electron chi connectivity index (χ1n) is 8.78. The summed E-state index contributed by atoms with van der Waals surface area (Å²) in [5, 5.41) is 22.5. The minimum absolute atomic E-state index is 0.0363. The number of carbonyl (C=O) groups excluding carboxylic acids is 1. The second-order valence-electron chi connectivity index (χ2n) is 6.06. The Morgan fingerprint density at radius 3 is 2.43 bits per heavy atom. The first-order chi connectivity index (χ1) is 14.6. The number of benzene rings is 1. The number of carbonyl (C=O) groups is 1. The number of anilines is 1. The third-order valence-corrected chi connectivity index (χ3v) is 4.98. The zero-order valence-electron chi connectivity index (χ0n) is 15.5. The van der Waals surface area contributed by atoms with Gasteiger partial charge in [0, 0.05) is 48.2 Å². The van der Waals surface area contributed by atoms with Crippen molar-refractivity contribution in [1.82, 2.24) is 24.5 Å². The molecule has 0 saturated carbocycles. The minimum Gasteiger partial charge on any atom is -0.325 e. The van der Waals surface area contributed by atoms with E-state index in [0.29, 0.717) is 16.7 Å². The normalized spacial score (nSPS) is 10.7. The van der Waals surface area contributed by atoms with Crippen LogP contribution in [0.2, 0.25) is 0 Å². The predicted molar refractivity (Wildman–Crippen MR) is 111 cm³/mol. The molecule has 150 valence electrons. The van der Waals surface area contributed by atoms with Crippen LogP contribution in [-0.4, -0.2) is 41.1 Å². The standard InChI is InChI=1S/C19H15N7O3S/c27-17(21-15-3-5-16(6-4-15)26(28)29)13-30-19-23-22-18(14-7-9-20-10-8-14)25(19)24-11-1-2-12-24/h1-12H,13H2,(H,21,27). The number of hydrogen-bond acceptors (Lipinski definition) is 7. The molecule has 0 bridgehead atoms. The zero-order valence-corrected chi connectivity index (χ0v) is 16.3. The number of nitrogens with zero attached hydrogens (tertiary/aromatic N) is 6. The number of hydrogen-bond donors (Lipinski definition) is 1. The second kappa shape index (κ2) is 8.57. The summed E-state index contributed by atoms with van der Waals surface area (Å²) in [6, 6.07) is 13.1. The smallest absolute Gasteiger partial charge is 0.269 e. The Kier molecular flexibility index (Phi) is 5.52. The number of non-ortho nitro benzene ring substituents is 1. The van der Waals surface area contributed by atoms with E-state index in [-0.39, 0.29) is 17.3 Å². The van der Waals surface area contributed by atoms with Crippen molar-refractivity contribution in [1.29, 1.82) is 0 Å². The van der Waals surface area contributed by atoms with E-state index in [1.807, 2.05) is 41.3 Å². The number of aromatic nitrogens is 5. The van der Waals surface area contributed by atoms with Gasteiger partial charge in [0.2, 0.25) is 11.1 Å². The van der Waals surface area contributed by atoms with E-state index >= 15 is 0 Å². The number of thioether (sulfide) groups is 1. The van der Waals surface area contributed by atoms with Crippen molar-refractivity contribution in [3.63, 3.8) is 0 Å². The molecule has 11 heteroatoms. The Morgan fingerprint density at radius 2 is 1.77 bits per heavy atom. The third-order valence-electron chi connectivity index (χ3n) is 4.06. The second-order valence-corrected chi connectivity index (χ2v) is 7.00. The van der Waals surface area contributed by atoms with Gasteiger partial charge in [-0.25, -0.2) is 4.68 Å². The van der Waals surface area contributed by atoms with Gasteiger partial charge in [0.05, 0.1) is 10.7 Å². The van der Waals surface area contributed by atoms with Crippen LogP contribution in [0.1, 0.15) is 0 Å². The fraction of sp³-hybridized carbons (Fsp3) is 0.0526. The summed E-state index contributed by atoms with van der Waals surface area (Å²) < 4.78 is 3.63. The Morgan fingerprint density at radius 1 is 1.07 bits per heavy atom. The van der Waals surface area contributed by atoms with E-state index < -0.39 is 4.92 Å². The lowest BCUT2D eigenvalue weighted by Crippen LogP contribution is -2.15. The van der Waals surface area contributed by atoms with E-state index in [4.69, 9.17) is 0 Å². The van der Waals surface area contributed by atoms with Crippen LogP contribution in [0.15, 0.2) is 78.5 Å². The van der Waals surface area contributed by atoms with Crippen LogP contribution in [0.5, 0.6) is 0 Å². The van der Waals surface area contributed by atoms with Gasteiger partial charge in [-0.15, -0.1) is 10.2 Å². The van der Waals surface area contributed by atoms with Crippen LogP contribution in [-0.2, 0) is 4.79 Å². The Labute approximate surface area is 174 Å². The van der Waals surface area contributed by atoms with Crippen molar-refractivity contribution >= 4 is 29.0 Å². The summed E-state index contributed by atoms with van der Waals surface area (Å²) in [5.74, 6) is 0.445. The van der Waals surface area contributed by atoms with Crippen molar-refractivity contribution in [2.24, 2.45) is 0 Å². The average molecular weight is 421 g/mol. The lowest BCUT2D eigenvalue weighted by Gasteiger charge is -2.11. The van der Waals surface area contributed by atoms with Gasteiger partial charge in [-0.2, -0.15) is 0 Å². The van der Waals surface area contributed by atoms with E-state index in [9.17, 15) is 14.9 Å². The molecule has 0 spiro atoms. The van der Waals surface area contributed by atoms with Crippen molar-refractivity contribution < 1.29 is 9.72 Å². The molecule has 0 unspecified atom stereocenters. The number of nitrogens with one attached hydrogen (secondary N) is 1. The topological polar surface area (TPSA) is 121 Å². The molecule has 0 radical (unpaired) electrons. The highest BCUT2D eigenvalue weighted by Gasteiger charge is 2.17. The fourth-order valence-electron chi connectivity index (χ4n) is 2.70. The van der Waals surface area contributed by atoms with E-state index in [1.165, 1.54) is 36.0 Å². The lowest BCUT2D eigenvalue weighted by molar-refractivity contribution is -0.384. The largest absolute Gasteiger partial charge is 0.325 e. The van der Waals surface area contributed by atoms with Gasteiger partial charge in [0.1, 0.15) is 0 Å². The lowest BCUT2D eigenvalue weighted by atomic mass is 10.2. The molecule has 3 aromatic heterocycles. The molecule has 3 heterocycles. The molecule has 0 aliphatic rings. The van der Waals surface area contributed by atoms with Gasteiger partial charge in [-0.05, 0) is 36.4 Å². The monoisotopic (exact) mass is 421 g/mol. The fourth-order valence-corrected chi connectivity index (χ4v) is 3.43. The molecule has 0 aliphatic carbocycles. The minimum atomic E-state index is -0.490. The summed E-state index contributed by atoms with van der Waals surface area (Å²) in [5.41, 5.74) is 1.29. The predicted octanol–water partition coefficient (Wildman–Crippen LogP) is 3.09.